The van der Waals surface area contributed by atoms with Gasteiger partial charge in [-0.05, 0) is 24.3 Å². The smallest absolute Gasteiger partial charge is 0 e. The van der Waals surface area contributed by atoms with Gasteiger partial charge in [0.15, 0.2) is 0 Å². The topological polar surface area (TPSA) is 118 Å². The SMILES string of the molecule is CO[C]C#Cc1ccc(OC)cc1.[C-]#[O+].[C-]#[O+].[C-]#[O+].[C-]#[O+].[C-]#[O+].[Cr]. The van der Waals surface area contributed by atoms with E-state index in [0.717, 1.165) is 11.3 Å². The largest absolute Gasteiger partial charge is 0 e. The fraction of sp³-hybridized carbons (Fsp3) is 0.125. The zero-order valence-corrected chi connectivity index (χ0v) is 13.9. The normalized spacial score (nSPS) is 5.17. The maximum absolute atomic E-state index is 7.50. The fourth-order valence-electron chi connectivity index (χ4n) is 0.823. The molecule has 8 heteroatoms. The van der Waals surface area contributed by atoms with E-state index >= 15 is 0 Å². The summed E-state index contributed by atoms with van der Waals surface area (Å²) >= 11 is 0. The summed E-state index contributed by atoms with van der Waals surface area (Å²) in [6.45, 7) is 24.9. The quantitative estimate of drug-likeness (QED) is 0.448. The first-order chi connectivity index (χ1) is 11.4. The number of methoxy groups -OCH3 is 2. The molecule has 0 aliphatic carbocycles. The van der Waals surface area contributed by atoms with Gasteiger partial charge in [-0.1, -0.05) is 11.8 Å². The van der Waals surface area contributed by atoms with E-state index < -0.39 is 0 Å². The molecule has 0 saturated heterocycles. The molecule has 0 aliphatic rings. The van der Waals surface area contributed by atoms with E-state index in [2.05, 4.69) is 56.4 Å². The molecule has 0 fully saturated rings. The van der Waals surface area contributed by atoms with Crippen LogP contribution in [-0.4, -0.2) is 14.2 Å². The second-order valence-corrected chi connectivity index (χ2v) is 2.28. The van der Waals surface area contributed by atoms with Crippen LogP contribution in [0, 0.1) is 51.7 Å². The van der Waals surface area contributed by atoms with Crippen molar-refractivity contribution in [1.29, 1.82) is 0 Å². The van der Waals surface area contributed by atoms with Gasteiger partial charge in [0.05, 0.1) is 7.11 Å². The van der Waals surface area contributed by atoms with E-state index in [4.69, 9.17) is 28.0 Å². The summed E-state index contributed by atoms with van der Waals surface area (Å²) in [5.41, 5.74) is 0.908. The summed E-state index contributed by atoms with van der Waals surface area (Å²) in [5, 5.41) is 0. The molecule has 0 aliphatic heterocycles. The minimum atomic E-state index is 0. The van der Waals surface area contributed by atoms with Gasteiger partial charge in [0.1, 0.15) is 5.75 Å². The first-order valence-corrected chi connectivity index (χ1v) is 4.82. The molecule has 24 heavy (non-hydrogen) atoms. The molecule has 0 atom stereocenters. The van der Waals surface area contributed by atoms with Gasteiger partial charge in [0.2, 0.25) is 6.61 Å². The van der Waals surface area contributed by atoms with Gasteiger partial charge < -0.3 is 9.47 Å². The third kappa shape index (κ3) is 31.9. The van der Waals surface area contributed by atoms with Crippen LogP contribution in [0.1, 0.15) is 5.56 Å². The first-order valence-electron chi connectivity index (χ1n) is 4.82. The molecular weight excluding hydrogens is 356 g/mol. The number of ether oxygens (including phenoxy) is 2. The van der Waals surface area contributed by atoms with E-state index in [-0.39, 0.29) is 17.4 Å². The van der Waals surface area contributed by atoms with Gasteiger partial charge in [0.25, 0.3) is 0 Å². The zero-order valence-electron chi connectivity index (χ0n) is 12.6. The predicted octanol–water partition coefficient (Wildman–Crippen LogP) is 1.54. The maximum Gasteiger partial charge on any atom is 0 e. The molecule has 0 spiro atoms. The second-order valence-electron chi connectivity index (χ2n) is 2.28. The Hall–Kier alpha value is -2.23. The Labute approximate surface area is 152 Å². The van der Waals surface area contributed by atoms with Crippen LogP contribution in [0.25, 0.3) is 0 Å². The molecule has 0 aromatic heterocycles. The average molecular weight is 366 g/mol. The molecule has 0 bridgehead atoms. The van der Waals surface area contributed by atoms with Crippen molar-refractivity contribution in [1.82, 2.24) is 0 Å². The van der Waals surface area contributed by atoms with Gasteiger partial charge in [-0.15, -0.1) is 0 Å². The fourth-order valence-corrected chi connectivity index (χ4v) is 0.823. The van der Waals surface area contributed by atoms with Crippen LogP contribution in [0.15, 0.2) is 24.3 Å². The predicted molar refractivity (Wildman–Crippen MR) is 69.8 cm³/mol. The van der Waals surface area contributed by atoms with E-state index in [1.807, 2.05) is 24.3 Å². The number of rotatable bonds is 2. The van der Waals surface area contributed by atoms with Crippen LogP contribution < -0.4 is 4.74 Å². The summed E-state index contributed by atoms with van der Waals surface area (Å²) in [4.78, 5) is 0. The molecule has 122 valence electrons. The molecule has 1 aromatic rings. The molecule has 0 saturated carbocycles. The summed E-state index contributed by atoms with van der Waals surface area (Å²) < 4.78 is 47.1. The van der Waals surface area contributed by atoms with Crippen molar-refractivity contribution in [2.45, 2.75) is 0 Å². The van der Waals surface area contributed by atoms with Crippen molar-refractivity contribution >= 4 is 0 Å². The molecular formula is C16H10CrO7. The van der Waals surface area contributed by atoms with Crippen molar-refractivity contribution in [2.75, 3.05) is 14.2 Å². The van der Waals surface area contributed by atoms with Crippen LogP contribution >= 0.6 is 0 Å². The zero-order chi connectivity index (χ0) is 19.5. The van der Waals surface area contributed by atoms with Crippen LogP contribution in [0.3, 0.4) is 0 Å². The van der Waals surface area contributed by atoms with Crippen molar-refractivity contribution in [3.05, 3.63) is 69.7 Å². The van der Waals surface area contributed by atoms with E-state index in [1.165, 1.54) is 7.11 Å². The second kappa shape index (κ2) is 49.8. The molecule has 1 aromatic carbocycles. The van der Waals surface area contributed by atoms with Crippen molar-refractivity contribution in [3.8, 4) is 17.6 Å². The Balaban J connectivity index is -0.0000000634. The molecule has 7 nitrogen and oxygen atoms in total. The van der Waals surface area contributed by atoms with E-state index in [1.54, 1.807) is 7.11 Å². The Kier molecular flexibility index (Phi) is 78.3. The number of hydrogen-bond donors (Lipinski definition) is 0. The summed E-state index contributed by atoms with van der Waals surface area (Å²) in [6, 6.07) is 7.47. The molecule has 0 N–H and O–H groups in total. The van der Waals surface area contributed by atoms with Crippen molar-refractivity contribution < 1.29 is 50.1 Å². The first kappa shape index (κ1) is 37.8. The van der Waals surface area contributed by atoms with Gasteiger partial charge in [-0.3, -0.25) is 0 Å². The van der Waals surface area contributed by atoms with Gasteiger partial charge in [-0.25, -0.2) is 0 Å². The van der Waals surface area contributed by atoms with Crippen LogP contribution in [-0.2, 0) is 45.4 Å². The third-order valence-corrected chi connectivity index (χ3v) is 1.45. The minimum Gasteiger partial charge on any atom is 0 e. The van der Waals surface area contributed by atoms with Crippen LogP contribution in [0.2, 0.25) is 0 Å². The van der Waals surface area contributed by atoms with E-state index in [0.29, 0.717) is 0 Å². The summed E-state index contributed by atoms with van der Waals surface area (Å²) in [5.74, 6) is 6.31. The Morgan fingerprint density at radius 2 is 1.12 bits per heavy atom. The monoisotopic (exact) mass is 366 g/mol. The molecule has 0 amide bonds. The van der Waals surface area contributed by atoms with Crippen molar-refractivity contribution in [2.24, 2.45) is 0 Å². The molecule has 2 radical (unpaired) electrons. The summed E-state index contributed by atoms with van der Waals surface area (Å²) in [7, 11) is 3.15. The number of hydrogen-bond acceptors (Lipinski definition) is 2. The van der Waals surface area contributed by atoms with Gasteiger partial charge >= 0.3 is 56.5 Å². The van der Waals surface area contributed by atoms with Crippen LogP contribution in [0.4, 0.5) is 0 Å². The molecule has 0 heterocycles. The molecule has 1 rings (SSSR count). The number of benzene rings is 1. The van der Waals surface area contributed by atoms with Crippen molar-refractivity contribution in [3.63, 3.8) is 0 Å². The standard InChI is InChI=1S/C11H10O2.5CO.Cr/c1-12-9-3-4-10-5-7-11(13-2)8-6-10;5*1-2;/h5-8H,1-2H3;;;;;;. The average Bonchev–Trinajstić information content (AvgIpc) is 2.70. The Morgan fingerprint density at radius 1 is 0.750 bits per heavy atom. The Morgan fingerprint density at radius 3 is 1.42 bits per heavy atom. The van der Waals surface area contributed by atoms with Gasteiger partial charge in [0, 0.05) is 30.0 Å². The molecule has 0 unspecified atom stereocenters. The van der Waals surface area contributed by atoms with Gasteiger partial charge in [-0.2, -0.15) is 0 Å². The third-order valence-electron chi connectivity index (χ3n) is 1.45. The maximum atomic E-state index is 7.50. The van der Waals surface area contributed by atoms with E-state index in [9.17, 15) is 0 Å². The van der Waals surface area contributed by atoms with Crippen LogP contribution in [0.5, 0.6) is 5.75 Å². The summed E-state index contributed by atoms with van der Waals surface area (Å²) in [6.07, 6.45) is 0. The minimum absolute atomic E-state index is 0. The Bertz CT molecular complexity index is 467.